The van der Waals surface area contributed by atoms with Crippen LogP contribution in [0.3, 0.4) is 0 Å². The second-order valence-corrected chi connectivity index (χ2v) is 7.80. The predicted octanol–water partition coefficient (Wildman–Crippen LogP) is 4.94. The quantitative estimate of drug-likeness (QED) is 0.755. The number of rotatable bonds is 4. The van der Waals surface area contributed by atoms with E-state index in [2.05, 4.69) is 31.3 Å². The minimum Gasteiger partial charge on any atom is -0.463 e. The summed E-state index contributed by atoms with van der Waals surface area (Å²) in [6.07, 6.45) is 0. The van der Waals surface area contributed by atoms with Gasteiger partial charge >= 0.3 is 5.97 Å². The SMILES string of the molecule is CCOC(=O)C1=C(C)NC2=C(C(=O)c3ccccc32)C1c1ccc(C(C)C)cc1. The molecule has 2 aliphatic rings. The van der Waals surface area contributed by atoms with Crippen LogP contribution in [0.4, 0.5) is 0 Å². The van der Waals surface area contributed by atoms with Crippen LogP contribution in [-0.4, -0.2) is 18.4 Å². The Labute approximate surface area is 171 Å². The minimum atomic E-state index is -0.452. The number of carbonyl (C=O) groups excluding carboxylic acids is 2. The molecule has 1 unspecified atom stereocenters. The summed E-state index contributed by atoms with van der Waals surface area (Å²) in [5.41, 5.74) is 6.36. The van der Waals surface area contributed by atoms with Crippen molar-refractivity contribution in [2.75, 3.05) is 6.61 Å². The zero-order valence-corrected chi connectivity index (χ0v) is 17.2. The summed E-state index contributed by atoms with van der Waals surface area (Å²) in [7, 11) is 0. The molecule has 0 aromatic heterocycles. The minimum absolute atomic E-state index is 0.0321. The Hall–Kier alpha value is -3.14. The lowest BCUT2D eigenvalue weighted by Crippen LogP contribution is -2.29. The molecule has 0 radical (unpaired) electrons. The summed E-state index contributed by atoms with van der Waals surface area (Å²) in [5.74, 6) is -0.460. The van der Waals surface area contributed by atoms with Gasteiger partial charge < -0.3 is 10.1 Å². The topological polar surface area (TPSA) is 55.4 Å². The second-order valence-electron chi connectivity index (χ2n) is 7.80. The average Bonchev–Trinajstić information content (AvgIpc) is 2.99. The molecule has 29 heavy (non-hydrogen) atoms. The first-order valence-electron chi connectivity index (χ1n) is 10.1. The molecule has 0 fully saturated rings. The van der Waals surface area contributed by atoms with Crippen molar-refractivity contribution < 1.29 is 14.3 Å². The number of esters is 1. The fraction of sp³-hybridized carbons (Fsp3) is 0.280. The van der Waals surface area contributed by atoms with E-state index in [0.29, 0.717) is 22.6 Å². The molecular weight excluding hydrogens is 362 g/mol. The lowest BCUT2D eigenvalue weighted by atomic mass is 9.79. The molecule has 2 aromatic rings. The summed E-state index contributed by atoms with van der Waals surface area (Å²) < 4.78 is 5.36. The summed E-state index contributed by atoms with van der Waals surface area (Å²) in [6, 6.07) is 15.8. The molecule has 1 aliphatic heterocycles. The van der Waals surface area contributed by atoms with E-state index in [1.165, 1.54) is 5.56 Å². The molecular formula is C25H25NO3. The molecule has 1 atom stereocenters. The summed E-state index contributed by atoms with van der Waals surface area (Å²) in [5, 5.41) is 3.32. The summed E-state index contributed by atoms with van der Waals surface area (Å²) in [4.78, 5) is 26.2. The lowest BCUT2D eigenvalue weighted by molar-refractivity contribution is -0.138. The number of carbonyl (C=O) groups is 2. The van der Waals surface area contributed by atoms with Crippen molar-refractivity contribution in [1.82, 2.24) is 5.32 Å². The Morgan fingerprint density at radius 1 is 1.07 bits per heavy atom. The normalized spacial score (nSPS) is 18.0. The summed E-state index contributed by atoms with van der Waals surface area (Å²) in [6.45, 7) is 8.24. The molecule has 4 heteroatoms. The van der Waals surface area contributed by atoms with Gasteiger partial charge in [0.15, 0.2) is 5.78 Å². The van der Waals surface area contributed by atoms with E-state index < -0.39 is 5.92 Å². The molecule has 1 N–H and O–H groups in total. The van der Waals surface area contributed by atoms with Crippen molar-refractivity contribution in [3.05, 3.63) is 87.6 Å². The van der Waals surface area contributed by atoms with Crippen molar-refractivity contribution >= 4 is 17.4 Å². The number of allylic oxidation sites excluding steroid dienone is 2. The number of benzene rings is 2. The van der Waals surface area contributed by atoms with Crippen LogP contribution in [0.5, 0.6) is 0 Å². The number of fused-ring (bicyclic) bond motifs is 2. The zero-order chi connectivity index (χ0) is 20.7. The molecule has 0 spiro atoms. The van der Waals surface area contributed by atoms with Gasteiger partial charge in [0.05, 0.1) is 17.9 Å². The standard InChI is InChI=1S/C25H25NO3/c1-5-29-25(28)20-15(4)26-23-18-8-6-7-9-19(18)24(27)22(23)21(20)17-12-10-16(11-13-17)14(2)3/h6-14,21,26H,5H2,1-4H3. The highest BCUT2D eigenvalue weighted by Gasteiger charge is 2.42. The Morgan fingerprint density at radius 2 is 1.72 bits per heavy atom. The van der Waals surface area contributed by atoms with Crippen molar-refractivity contribution in [1.29, 1.82) is 0 Å². The maximum atomic E-state index is 13.3. The van der Waals surface area contributed by atoms with Crippen LogP contribution in [0, 0.1) is 0 Å². The van der Waals surface area contributed by atoms with Crippen LogP contribution in [0.2, 0.25) is 0 Å². The first-order valence-corrected chi connectivity index (χ1v) is 10.1. The molecule has 1 heterocycles. The van der Waals surface area contributed by atoms with E-state index in [4.69, 9.17) is 4.74 Å². The van der Waals surface area contributed by atoms with Gasteiger partial charge in [0.2, 0.25) is 0 Å². The second kappa shape index (κ2) is 7.36. The number of Topliss-reactive ketones (excluding diaryl/α,β-unsaturated/α-hetero) is 1. The van der Waals surface area contributed by atoms with Crippen LogP contribution in [0.15, 0.2) is 65.4 Å². The van der Waals surface area contributed by atoms with Gasteiger partial charge in [0.25, 0.3) is 0 Å². The highest BCUT2D eigenvalue weighted by molar-refractivity contribution is 6.23. The molecule has 148 valence electrons. The third-order valence-corrected chi connectivity index (χ3v) is 5.68. The van der Waals surface area contributed by atoms with Crippen molar-refractivity contribution in [2.45, 2.75) is 39.5 Å². The molecule has 0 bridgehead atoms. The van der Waals surface area contributed by atoms with Crippen LogP contribution in [0.1, 0.15) is 66.6 Å². The van der Waals surface area contributed by atoms with Gasteiger partial charge in [0, 0.05) is 28.3 Å². The van der Waals surface area contributed by atoms with Gasteiger partial charge in [-0.2, -0.15) is 0 Å². The number of hydrogen-bond acceptors (Lipinski definition) is 4. The van der Waals surface area contributed by atoms with E-state index in [1.807, 2.05) is 43.3 Å². The van der Waals surface area contributed by atoms with Crippen LogP contribution < -0.4 is 5.32 Å². The largest absolute Gasteiger partial charge is 0.463 e. The fourth-order valence-corrected chi connectivity index (χ4v) is 4.22. The fourth-order valence-electron chi connectivity index (χ4n) is 4.22. The molecule has 4 nitrogen and oxygen atoms in total. The first-order chi connectivity index (χ1) is 13.9. The van der Waals surface area contributed by atoms with E-state index in [-0.39, 0.29) is 18.4 Å². The predicted molar refractivity (Wildman–Crippen MR) is 113 cm³/mol. The Bertz CT molecular complexity index is 1060. The molecule has 0 saturated heterocycles. The van der Waals surface area contributed by atoms with Gasteiger partial charge in [0.1, 0.15) is 0 Å². The van der Waals surface area contributed by atoms with Crippen molar-refractivity contribution in [2.24, 2.45) is 0 Å². The third kappa shape index (κ3) is 3.09. The van der Waals surface area contributed by atoms with E-state index in [9.17, 15) is 9.59 Å². The number of hydrogen-bond donors (Lipinski definition) is 1. The highest BCUT2D eigenvalue weighted by Crippen LogP contribution is 2.46. The van der Waals surface area contributed by atoms with Gasteiger partial charge in [-0.15, -0.1) is 0 Å². The molecule has 0 saturated carbocycles. The Balaban J connectivity index is 1.89. The maximum Gasteiger partial charge on any atom is 0.336 e. The summed E-state index contributed by atoms with van der Waals surface area (Å²) >= 11 is 0. The number of ether oxygens (including phenoxy) is 1. The maximum absolute atomic E-state index is 13.3. The van der Waals surface area contributed by atoms with E-state index >= 15 is 0 Å². The van der Waals surface area contributed by atoms with Gasteiger partial charge in [-0.3, -0.25) is 4.79 Å². The monoisotopic (exact) mass is 387 g/mol. The molecule has 2 aromatic carbocycles. The van der Waals surface area contributed by atoms with Crippen LogP contribution >= 0.6 is 0 Å². The van der Waals surface area contributed by atoms with Gasteiger partial charge in [-0.25, -0.2) is 4.79 Å². The Kier molecular flexibility index (Phi) is 4.87. The number of dihydropyridines is 1. The van der Waals surface area contributed by atoms with Crippen LogP contribution in [0.25, 0.3) is 5.70 Å². The Morgan fingerprint density at radius 3 is 2.34 bits per heavy atom. The highest BCUT2D eigenvalue weighted by atomic mass is 16.5. The van der Waals surface area contributed by atoms with Crippen molar-refractivity contribution in [3.8, 4) is 0 Å². The average molecular weight is 387 g/mol. The van der Waals surface area contributed by atoms with E-state index in [1.54, 1.807) is 6.92 Å². The smallest absolute Gasteiger partial charge is 0.336 e. The first kappa shape index (κ1) is 19.2. The number of ketones is 1. The van der Waals surface area contributed by atoms with Crippen LogP contribution in [-0.2, 0) is 9.53 Å². The van der Waals surface area contributed by atoms with Crippen molar-refractivity contribution in [3.63, 3.8) is 0 Å². The third-order valence-electron chi connectivity index (χ3n) is 5.68. The molecule has 4 rings (SSSR count). The van der Waals surface area contributed by atoms with E-state index in [0.717, 1.165) is 22.5 Å². The number of nitrogens with one attached hydrogen (secondary N) is 1. The van der Waals surface area contributed by atoms with Gasteiger partial charge in [-0.1, -0.05) is 62.4 Å². The molecule has 1 aliphatic carbocycles. The lowest BCUT2D eigenvalue weighted by Gasteiger charge is -2.29. The molecule has 0 amide bonds. The van der Waals surface area contributed by atoms with Gasteiger partial charge in [-0.05, 0) is 30.9 Å². The zero-order valence-electron chi connectivity index (χ0n) is 17.2.